The van der Waals surface area contributed by atoms with Crippen LogP contribution in [0.3, 0.4) is 0 Å². The summed E-state index contributed by atoms with van der Waals surface area (Å²) >= 11 is 5.78. The van der Waals surface area contributed by atoms with Crippen LogP contribution in [-0.4, -0.2) is 30.0 Å². The number of ether oxygens (including phenoxy) is 1. The number of hydrogen-bond donors (Lipinski definition) is 1. The van der Waals surface area contributed by atoms with Gasteiger partial charge in [-0.05, 0) is 42.3 Å². The molecular weight excluding hydrogens is 452 g/mol. The molecule has 3 rings (SSSR count). The molecule has 3 aromatic rings. The van der Waals surface area contributed by atoms with Gasteiger partial charge in [0, 0.05) is 5.02 Å². The maximum atomic E-state index is 13.5. The highest BCUT2D eigenvalue weighted by atomic mass is 35.5. The van der Waals surface area contributed by atoms with Crippen LogP contribution in [0.25, 0.3) is 11.0 Å². The number of halogens is 3. The van der Waals surface area contributed by atoms with Crippen LogP contribution in [-0.2, 0) is 26.2 Å². The summed E-state index contributed by atoms with van der Waals surface area (Å²) in [6, 6.07) is 10.5. The first-order valence-electron chi connectivity index (χ1n) is 9.28. The molecule has 11 heteroatoms. The standard InChI is InChI=1S/C20H20ClF2N3O4S/c1-12(2)18(25-31(28,29)14-9-7-13(21)8-10-14)19(27)30-11-17-24-15-5-3-4-6-16(15)26(17)20(22)23/h3-10,12,18,20,25H,11H2,1-2H3/t18-/m0/s1. The number of benzene rings is 2. The SMILES string of the molecule is CC(C)[C@H](NS(=O)(=O)c1ccc(Cl)cc1)C(=O)OCc1nc2ccccc2n1C(F)F. The van der Waals surface area contributed by atoms with Gasteiger partial charge in [-0.1, -0.05) is 37.6 Å². The van der Waals surface area contributed by atoms with Gasteiger partial charge in [-0.3, -0.25) is 9.36 Å². The number of fused-ring (bicyclic) bond motifs is 1. The fraction of sp³-hybridized carbons (Fsp3) is 0.300. The zero-order valence-corrected chi connectivity index (χ0v) is 18.2. The van der Waals surface area contributed by atoms with Crippen LogP contribution in [0.5, 0.6) is 0 Å². The molecule has 0 unspecified atom stereocenters. The zero-order valence-electron chi connectivity index (χ0n) is 16.6. The highest BCUT2D eigenvalue weighted by molar-refractivity contribution is 7.89. The molecule has 1 N–H and O–H groups in total. The predicted octanol–water partition coefficient (Wildman–Crippen LogP) is 4.13. The minimum atomic E-state index is -4.04. The van der Waals surface area contributed by atoms with Crippen LogP contribution in [0, 0.1) is 5.92 Å². The average Bonchev–Trinajstić information content (AvgIpc) is 3.09. The van der Waals surface area contributed by atoms with Crippen LogP contribution >= 0.6 is 11.6 Å². The number of hydrogen-bond acceptors (Lipinski definition) is 5. The van der Waals surface area contributed by atoms with Crippen molar-refractivity contribution in [3.63, 3.8) is 0 Å². The van der Waals surface area contributed by atoms with Gasteiger partial charge in [-0.2, -0.15) is 13.5 Å². The lowest BCUT2D eigenvalue weighted by Crippen LogP contribution is -2.45. The first kappa shape index (κ1) is 23.1. The molecule has 7 nitrogen and oxygen atoms in total. The lowest BCUT2D eigenvalue weighted by Gasteiger charge is -2.21. The quantitative estimate of drug-likeness (QED) is 0.499. The van der Waals surface area contributed by atoms with E-state index in [-0.39, 0.29) is 16.2 Å². The number of carbonyl (C=O) groups excluding carboxylic acids is 1. The van der Waals surface area contributed by atoms with E-state index in [1.54, 1.807) is 32.0 Å². The summed E-state index contributed by atoms with van der Waals surface area (Å²) in [5.74, 6) is -1.52. The van der Waals surface area contributed by atoms with Crippen LogP contribution in [0.1, 0.15) is 26.2 Å². The van der Waals surface area contributed by atoms with Gasteiger partial charge in [-0.25, -0.2) is 13.4 Å². The van der Waals surface area contributed by atoms with Gasteiger partial charge in [-0.15, -0.1) is 0 Å². The van der Waals surface area contributed by atoms with Crippen LogP contribution in [0.2, 0.25) is 5.02 Å². The molecule has 0 aliphatic heterocycles. The van der Waals surface area contributed by atoms with Crippen molar-refractivity contribution < 1.29 is 26.7 Å². The van der Waals surface area contributed by atoms with Crippen molar-refractivity contribution in [2.75, 3.05) is 0 Å². The van der Waals surface area contributed by atoms with E-state index in [1.165, 1.54) is 30.3 Å². The Bertz CT molecular complexity index is 1180. The third-order valence-corrected chi connectivity index (χ3v) is 6.24. The largest absolute Gasteiger partial charge is 0.456 e. The number of imidazole rings is 1. The van der Waals surface area contributed by atoms with Gasteiger partial charge in [0.25, 0.3) is 0 Å². The Kier molecular flexibility index (Phi) is 6.93. The summed E-state index contributed by atoms with van der Waals surface area (Å²) in [6.45, 7) is -0.162. The van der Waals surface area contributed by atoms with E-state index in [2.05, 4.69) is 9.71 Å². The lowest BCUT2D eigenvalue weighted by atomic mass is 10.1. The van der Waals surface area contributed by atoms with E-state index in [0.29, 0.717) is 15.1 Å². The van der Waals surface area contributed by atoms with Crippen LogP contribution in [0.4, 0.5) is 8.78 Å². The summed E-state index contributed by atoms with van der Waals surface area (Å²) in [6.07, 6.45) is 0. The number of esters is 1. The normalized spacial score (nSPS) is 13.1. The third-order valence-electron chi connectivity index (χ3n) is 4.53. The molecule has 166 valence electrons. The van der Waals surface area contributed by atoms with Crippen LogP contribution < -0.4 is 4.72 Å². The second kappa shape index (κ2) is 9.29. The van der Waals surface area contributed by atoms with E-state index in [1.807, 2.05) is 0 Å². The van der Waals surface area contributed by atoms with E-state index >= 15 is 0 Å². The molecule has 0 amide bonds. The van der Waals surface area contributed by atoms with Crippen molar-refractivity contribution in [1.29, 1.82) is 0 Å². The molecule has 0 aliphatic rings. The van der Waals surface area contributed by atoms with E-state index < -0.39 is 41.1 Å². The van der Waals surface area contributed by atoms with E-state index in [0.717, 1.165) is 0 Å². The van der Waals surface area contributed by atoms with Crippen molar-refractivity contribution in [3.8, 4) is 0 Å². The molecule has 2 aromatic carbocycles. The lowest BCUT2D eigenvalue weighted by molar-refractivity contribution is -0.148. The maximum absolute atomic E-state index is 13.5. The molecule has 31 heavy (non-hydrogen) atoms. The second-order valence-corrected chi connectivity index (χ2v) is 9.22. The Balaban J connectivity index is 1.78. The van der Waals surface area contributed by atoms with Crippen molar-refractivity contribution >= 4 is 38.6 Å². The molecule has 0 saturated heterocycles. The number of carbonyl (C=O) groups is 1. The summed E-state index contributed by atoms with van der Waals surface area (Å²) in [4.78, 5) is 16.6. The molecule has 0 saturated carbocycles. The molecule has 0 radical (unpaired) electrons. The Hall–Kier alpha value is -2.56. The molecule has 0 aliphatic carbocycles. The smallest absolute Gasteiger partial charge is 0.324 e. The van der Waals surface area contributed by atoms with Gasteiger partial charge < -0.3 is 4.74 Å². The van der Waals surface area contributed by atoms with E-state index in [9.17, 15) is 22.0 Å². The number of nitrogens with one attached hydrogen (secondary N) is 1. The fourth-order valence-electron chi connectivity index (χ4n) is 2.94. The molecule has 1 aromatic heterocycles. The number of aromatic nitrogens is 2. The number of nitrogens with zero attached hydrogens (tertiary/aromatic N) is 2. The Labute approximate surface area is 183 Å². The Morgan fingerprint density at radius 2 is 1.81 bits per heavy atom. The third kappa shape index (κ3) is 5.20. The molecule has 0 fully saturated rings. The minimum absolute atomic E-state index is 0.0742. The highest BCUT2D eigenvalue weighted by Crippen LogP contribution is 2.24. The number of rotatable bonds is 8. The molecule has 1 atom stereocenters. The monoisotopic (exact) mass is 471 g/mol. The number of sulfonamides is 1. The first-order chi connectivity index (χ1) is 14.6. The van der Waals surface area contributed by atoms with Crippen molar-refractivity contribution in [2.45, 2.75) is 37.9 Å². The molecule has 0 spiro atoms. The fourth-order valence-corrected chi connectivity index (χ4v) is 4.40. The van der Waals surface area contributed by atoms with Gasteiger partial charge in [0.2, 0.25) is 10.0 Å². The Morgan fingerprint density at radius 1 is 1.16 bits per heavy atom. The van der Waals surface area contributed by atoms with Crippen molar-refractivity contribution in [2.24, 2.45) is 5.92 Å². The van der Waals surface area contributed by atoms with Crippen molar-refractivity contribution in [3.05, 3.63) is 59.4 Å². The summed E-state index contributed by atoms with van der Waals surface area (Å²) in [5.41, 5.74) is 0.532. The molecule has 1 heterocycles. The average molecular weight is 472 g/mol. The first-order valence-corrected chi connectivity index (χ1v) is 11.1. The van der Waals surface area contributed by atoms with Crippen LogP contribution in [0.15, 0.2) is 53.4 Å². The zero-order chi connectivity index (χ0) is 22.8. The van der Waals surface area contributed by atoms with Gasteiger partial charge in [0.1, 0.15) is 12.6 Å². The topological polar surface area (TPSA) is 90.3 Å². The number of para-hydroxylation sites is 2. The van der Waals surface area contributed by atoms with E-state index in [4.69, 9.17) is 16.3 Å². The van der Waals surface area contributed by atoms with Gasteiger partial charge in [0.15, 0.2) is 5.82 Å². The molecule has 0 bridgehead atoms. The maximum Gasteiger partial charge on any atom is 0.324 e. The summed E-state index contributed by atoms with van der Waals surface area (Å²) < 4.78 is 60.4. The predicted molar refractivity (Wildman–Crippen MR) is 111 cm³/mol. The highest BCUT2D eigenvalue weighted by Gasteiger charge is 2.30. The summed E-state index contributed by atoms with van der Waals surface area (Å²) in [7, 11) is -4.04. The second-order valence-electron chi connectivity index (χ2n) is 7.07. The summed E-state index contributed by atoms with van der Waals surface area (Å²) in [5, 5.41) is 0.362. The van der Waals surface area contributed by atoms with Gasteiger partial charge in [0.05, 0.1) is 15.9 Å². The molecular formula is C20H20ClF2N3O4S. The minimum Gasteiger partial charge on any atom is -0.456 e. The number of alkyl halides is 2. The van der Waals surface area contributed by atoms with Gasteiger partial charge >= 0.3 is 12.5 Å². The Morgan fingerprint density at radius 3 is 2.42 bits per heavy atom. The van der Waals surface area contributed by atoms with Crippen molar-refractivity contribution in [1.82, 2.24) is 14.3 Å².